The van der Waals surface area contributed by atoms with E-state index in [1.807, 2.05) is 0 Å². The van der Waals surface area contributed by atoms with Crippen molar-refractivity contribution >= 4 is 11.6 Å². The van der Waals surface area contributed by atoms with Crippen LogP contribution in [0.3, 0.4) is 0 Å². The summed E-state index contributed by atoms with van der Waals surface area (Å²) in [7, 11) is 0. The van der Waals surface area contributed by atoms with Crippen LogP contribution in [0.15, 0.2) is 0 Å². The molecule has 0 rings (SSSR count). The van der Waals surface area contributed by atoms with Gasteiger partial charge >= 0.3 is 0 Å². The van der Waals surface area contributed by atoms with Crippen molar-refractivity contribution in [3.8, 4) is 0 Å². The van der Waals surface area contributed by atoms with Crippen molar-refractivity contribution < 1.29 is 0 Å². The maximum Gasteiger partial charge on any atom is 0.0400 e. The molecule has 0 aromatic heterocycles. The maximum atomic E-state index is 5.86. The normalized spacial score (nSPS) is 14.4. The van der Waals surface area contributed by atoms with Crippen LogP contribution >= 0.6 is 11.6 Å². The summed E-state index contributed by atoms with van der Waals surface area (Å²) in [5.41, 5.74) is 0.0845. The average Bonchev–Trinajstić information content (AvgIpc) is 2.18. The number of unbranched alkanes of at least 4 members (excludes halogenated alkanes) is 1. The number of alkyl halides is 1. The Balaban J connectivity index is 3.71. The van der Waals surface area contributed by atoms with Crippen LogP contribution in [0.25, 0.3) is 0 Å². The van der Waals surface area contributed by atoms with E-state index in [0.717, 1.165) is 12.5 Å². The molecule has 0 fully saturated rings. The molecule has 0 aromatic carbocycles. The van der Waals surface area contributed by atoms with Crippen LogP contribution in [0, 0.1) is 5.92 Å². The summed E-state index contributed by atoms with van der Waals surface area (Å²) in [6, 6.07) is 0. The average molecular weight is 220 g/mol. The maximum absolute atomic E-state index is 5.86. The van der Waals surface area contributed by atoms with E-state index in [0.29, 0.717) is 5.88 Å². The first-order valence-corrected chi connectivity index (χ1v) is 6.40. The van der Waals surface area contributed by atoms with Gasteiger partial charge in [-0.1, -0.05) is 33.1 Å². The summed E-state index contributed by atoms with van der Waals surface area (Å²) in [4.78, 5) is 0. The van der Waals surface area contributed by atoms with Crippen molar-refractivity contribution in [1.82, 2.24) is 5.32 Å². The molecule has 86 valence electrons. The summed E-state index contributed by atoms with van der Waals surface area (Å²) in [6.07, 6.45) is 5.26. The largest absolute Gasteiger partial charge is 0.310 e. The Labute approximate surface area is 94.6 Å². The number of hydrogen-bond donors (Lipinski definition) is 1. The summed E-state index contributed by atoms with van der Waals surface area (Å²) >= 11 is 5.86. The van der Waals surface area contributed by atoms with E-state index in [1.165, 1.54) is 25.7 Å². The standard InChI is InChI=1S/C12H26ClN/c1-5-7-8-11(6-2)9-14-12(3,4)10-13/h11,14H,5-10H2,1-4H3. The Kier molecular flexibility index (Phi) is 7.66. The number of halogens is 1. The highest BCUT2D eigenvalue weighted by molar-refractivity contribution is 6.18. The zero-order valence-electron chi connectivity index (χ0n) is 10.2. The van der Waals surface area contributed by atoms with Gasteiger partial charge in [-0.3, -0.25) is 0 Å². The molecule has 0 aliphatic rings. The molecule has 0 aromatic rings. The monoisotopic (exact) mass is 219 g/mol. The van der Waals surface area contributed by atoms with E-state index in [-0.39, 0.29) is 5.54 Å². The van der Waals surface area contributed by atoms with Gasteiger partial charge in [0.1, 0.15) is 0 Å². The second kappa shape index (κ2) is 7.53. The first-order chi connectivity index (χ1) is 6.55. The first kappa shape index (κ1) is 14.2. The van der Waals surface area contributed by atoms with E-state index in [1.54, 1.807) is 0 Å². The SMILES string of the molecule is CCCCC(CC)CNC(C)(C)CCl. The predicted octanol–water partition coefficient (Wildman–Crippen LogP) is 3.81. The molecule has 0 amide bonds. The first-order valence-electron chi connectivity index (χ1n) is 5.86. The van der Waals surface area contributed by atoms with Crippen molar-refractivity contribution in [3.05, 3.63) is 0 Å². The van der Waals surface area contributed by atoms with Gasteiger partial charge in [-0.25, -0.2) is 0 Å². The molecule has 0 spiro atoms. The molecule has 1 unspecified atom stereocenters. The zero-order chi connectivity index (χ0) is 11.0. The number of hydrogen-bond acceptors (Lipinski definition) is 1. The van der Waals surface area contributed by atoms with Gasteiger partial charge in [0.2, 0.25) is 0 Å². The highest BCUT2D eigenvalue weighted by Gasteiger charge is 2.16. The lowest BCUT2D eigenvalue weighted by atomic mass is 9.98. The van der Waals surface area contributed by atoms with Crippen molar-refractivity contribution in [1.29, 1.82) is 0 Å². The van der Waals surface area contributed by atoms with Crippen molar-refractivity contribution in [2.24, 2.45) is 5.92 Å². The molecular formula is C12H26ClN. The van der Waals surface area contributed by atoms with Gasteiger partial charge in [-0.2, -0.15) is 0 Å². The smallest absolute Gasteiger partial charge is 0.0400 e. The lowest BCUT2D eigenvalue weighted by molar-refractivity contribution is 0.349. The molecule has 0 saturated heterocycles. The molecule has 0 heterocycles. The quantitative estimate of drug-likeness (QED) is 0.613. The van der Waals surface area contributed by atoms with Crippen LogP contribution in [-0.4, -0.2) is 18.0 Å². The lowest BCUT2D eigenvalue weighted by Gasteiger charge is -2.26. The molecule has 14 heavy (non-hydrogen) atoms. The predicted molar refractivity (Wildman–Crippen MR) is 66.1 cm³/mol. The summed E-state index contributed by atoms with van der Waals surface area (Å²) in [5.74, 6) is 1.49. The minimum atomic E-state index is 0.0845. The van der Waals surface area contributed by atoms with Gasteiger partial charge in [0.15, 0.2) is 0 Å². The molecule has 0 saturated carbocycles. The minimum absolute atomic E-state index is 0.0845. The zero-order valence-corrected chi connectivity index (χ0v) is 11.0. The Morgan fingerprint density at radius 3 is 2.36 bits per heavy atom. The Bertz CT molecular complexity index is 134. The number of rotatable bonds is 8. The van der Waals surface area contributed by atoms with E-state index in [9.17, 15) is 0 Å². The molecular weight excluding hydrogens is 194 g/mol. The molecule has 2 heteroatoms. The molecule has 0 aliphatic carbocycles. The second-order valence-electron chi connectivity index (χ2n) is 4.81. The van der Waals surface area contributed by atoms with E-state index < -0.39 is 0 Å². The summed E-state index contributed by atoms with van der Waals surface area (Å²) in [6.45, 7) is 9.95. The molecule has 1 N–H and O–H groups in total. The molecule has 0 bridgehead atoms. The van der Waals surface area contributed by atoms with E-state index in [4.69, 9.17) is 11.6 Å². The van der Waals surface area contributed by atoms with Crippen LogP contribution in [0.4, 0.5) is 0 Å². The third-order valence-corrected chi connectivity index (χ3v) is 3.41. The van der Waals surface area contributed by atoms with Crippen LogP contribution in [0.5, 0.6) is 0 Å². The van der Waals surface area contributed by atoms with Crippen LogP contribution in [-0.2, 0) is 0 Å². The highest BCUT2D eigenvalue weighted by atomic mass is 35.5. The van der Waals surface area contributed by atoms with Gasteiger partial charge < -0.3 is 5.32 Å². The Morgan fingerprint density at radius 1 is 1.29 bits per heavy atom. The van der Waals surface area contributed by atoms with Crippen molar-refractivity contribution in [3.63, 3.8) is 0 Å². The van der Waals surface area contributed by atoms with E-state index in [2.05, 4.69) is 33.0 Å². The van der Waals surface area contributed by atoms with Gasteiger partial charge in [0.05, 0.1) is 0 Å². The minimum Gasteiger partial charge on any atom is -0.310 e. The van der Waals surface area contributed by atoms with Gasteiger partial charge in [0, 0.05) is 11.4 Å². The van der Waals surface area contributed by atoms with Gasteiger partial charge in [0.25, 0.3) is 0 Å². The lowest BCUT2D eigenvalue weighted by Crippen LogP contribution is -2.43. The van der Waals surface area contributed by atoms with Gasteiger partial charge in [-0.05, 0) is 32.7 Å². The fourth-order valence-electron chi connectivity index (χ4n) is 1.41. The van der Waals surface area contributed by atoms with Gasteiger partial charge in [-0.15, -0.1) is 11.6 Å². The fraction of sp³-hybridized carbons (Fsp3) is 1.00. The third-order valence-electron chi connectivity index (χ3n) is 2.75. The fourth-order valence-corrected chi connectivity index (χ4v) is 1.51. The summed E-state index contributed by atoms with van der Waals surface area (Å²) in [5, 5.41) is 3.54. The topological polar surface area (TPSA) is 12.0 Å². The third kappa shape index (κ3) is 6.67. The molecule has 1 nitrogen and oxygen atoms in total. The molecule has 0 radical (unpaired) electrons. The van der Waals surface area contributed by atoms with Crippen LogP contribution in [0.1, 0.15) is 53.4 Å². The Morgan fingerprint density at radius 2 is 1.93 bits per heavy atom. The van der Waals surface area contributed by atoms with E-state index >= 15 is 0 Å². The number of nitrogens with one attached hydrogen (secondary N) is 1. The Hall–Kier alpha value is 0.250. The molecule has 0 aliphatic heterocycles. The van der Waals surface area contributed by atoms with Crippen LogP contribution in [0.2, 0.25) is 0 Å². The van der Waals surface area contributed by atoms with Crippen molar-refractivity contribution in [2.75, 3.05) is 12.4 Å². The molecule has 1 atom stereocenters. The highest BCUT2D eigenvalue weighted by Crippen LogP contribution is 2.13. The summed E-state index contributed by atoms with van der Waals surface area (Å²) < 4.78 is 0. The van der Waals surface area contributed by atoms with Crippen LogP contribution < -0.4 is 5.32 Å². The van der Waals surface area contributed by atoms with Crippen molar-refractivity contribution in [2.45, 2.75) is 58.9 Å². The second-order valence-corrected chi connectivity index (χ2v) is 5.08.